The lowest BCUT2D eigenvalue weighted by molar-refractivity contribution is 0.477. The van der Waals surface area contributed by atoms with Crippen molar-refractivity contribution in [2.75, 3.05) is 0 Å². The van der Waals surface area contributed by atoms with E-state index in [9.17, 15) is 5.11 Å². The lowest BCUT2D eigenvalue weighted by Crippen LogP contribution is -1.83. The lowest BCUT2D eigenvalue weighted by atomic mass is 10.0. The van der Waals surface area contributed by atoms with Gasteiger partial charge in [-0.25, -0.2) is 0 Å². The molecular formula is C12H6Cl4O. The minimum atomic E-state index is -0.108. The minimum Gasteiger partial charge on any atom is -0.506 e. The molecule has 2 rings (SSSR count). The molecule has 0 atom stereocenters. The number of aromatic hydroxyl groups is 1. The van der Waals surface area contributed by atoms with Gasteiger partial charge in [0.15, 0.2) is 0 Å². The number of halogens is 4. The smallest absolute Gasteiger partial charge is 0.143 e. The maximum Gasteiger partial charge on any atom is 0.143 e. The Morgan fingerprint density at radius 3 is 2.06 bits per heavy atom. The van der Waals surface area contributed by atoms with Crippen LogP contribution in [0, 0.1) is 0 Å². The van der Waals surface area contributed by atoms with Gasteiger partial charge in [0.05, 0.1) is 15.1 Å². The van der Waals surface area contributed by atoms with Gasteiger partial charge in [-0.1, -0.05) is 58.5 Å². The summed E-state index contributed by atoms with van der Waals surface area (Å²) in [5.41, 5.74) is 1.10. The highest BCUT2D eigenvalue weighted by atomic mass is 35.5. The molecular weight excluding hydrogens is 302 g/mol. The van der Waals surface area contributed by atoms with E-state index >= 15 is 0 Å². The van der Waals surface area contributed by atoms with Crippen LogP contribution >= 0.6 is 46.4 Å². The average molecular weight is 308 g/mol. The molecule has 0 saturated carbocycles. The number of rotatable bonds is 1. The molecule has 0 aliphatic carbocycles. The SMILES string of the molecule is Oc1c(-c2cccc(Cl)c2Cl)ccc(Cl)c1Cl. The third-order valence-corrected chi connectivity index (χ3v) is 3.92. The van der Waals surface area contributed by atoms with Crippen molar-refractivity contribution in [1.82, 2.24) is 0 Å². The van der Waals surface area contributed by atoms with Gasteiger partial charge in [0.1, 0.15) is 10.8 Å². The Balaban J connectivity index is 2.69. The van der Waals surface area contributed by atoms with Crippen molar-refractivity contribution in [2.24, 2.45) is 0 Å². The Kier molecular flexibility index (Phi) is 3.74. The first-order valence-electron chi connectivity index (χ1n) is 4.63. The fourth-order valence-corrected chi connectivity index (χ4v) is 2.19. The van der Waals surface area contributed by atoms with Crippen LogP contribution < -0.4 is 0 Å². The zero-order chi connectivity index (χ0) is 12.6. The van der Waals surface area contributed by atoms with Crippen LogP contribution in [0.15, 0.2) is 30.3 Å². The quantitative estimate of drug-likeness (QED) is 0.719. The molecule has 88 valence electrons. The molecule has 0 aliphatic heterocycles. The van der Waals surface area contributed by atoms with Gasteiger partial charge in [-0.2, -0.15) is 0 Å². The van der Waals surface area contributed by atoms with Crippen molar-refractivity contribution in [3.8, 4) is 16.9 Å². The van der Waals surface area contributed by atoms with Crippen molar-refractivity contribution in [2.45, 2.75) is 0 Å². The lowest BCUT2D eigenvalue weighted by Gasteiger charge is -2.10. The van der Waals surface area contributed by atoms with E-state index in [1.54, 1.807) is 30.3 Å². The van der Waals surface area contributed by atoms with Crippen LogP contribution in [0.4, 0.5) is 0 Å². The summed E-state index contributed by atoms with van der Waals surface area (Å²) in [6.07, 6.45) is 0. The van der Waals surface area contributed by atoms with E-state index < -0.39 is 0 Å². The molecule has 0 fully saturated rings. The topological polar surface area (TPSA) is 20.2 Å². The second kappa shape index (κ2) is 4.95. The summed E-state index contributed by atoms with van der Waals surface area (Å²) in [5.74, 6) is -0.108. The fourth-order valence-electron chi connectivity index (χ4n) is 1.47. The highest BCUT2D eigenvalue weighted by Crippen LogP contribution is 2.43. The van der Waals surface area contributed by atoms with Gasteiger partial charge < -0.3 is 5.11 Å². The zero-order valence-corrected chi connectivity index (χ0v) is 11.4. The molecule has 0 saturated heterocycles. The van der Waals surface area contributed by atoms with Gasteiger partial charge in [-0.05, 0) is 18.2 Å². The molecule has 2 aromatic rings. The maximum atomic E-state index is 9.93. The summed E-state index contributed by atoms with van der Waals surface area (Å²) in [6, 6.07) is 8.39. The molecule has 0 spiro atoms. The number of hydrogen-bond acceptors (Lipinski definition) is 1. The average Bonchev–Trinajstić information content (AvgIpc) is 2.31. The minimum absolute atomic E-state index is 0.0974. The van der Waals surface area contributed by atoms with E-state index in [1.165, 1.54) is 0 Å². The Morgan fingerprint density at radius 1 is 0.706 bits per heavy atom. The molecule has 0 aliphatic rings. The van der Waals surface area contributed by atoms with Crippen LogP contribution in [0.1, 0.15) is 0 Å². The number of phenols is 1. The van der Waals surface area contributed by atoms with Crippen LogP contribution in [-0.2, 0) is 0 Å². The normalized spacial score (nSPS) is 10.6. The van der Waals surface area contributed by atoms with Gasteiger partial charge in [-0.3, -0.25) is 0 Å². The predicted molar refractivity (Wildman–Crippen MR) is 73.6 cm³/mol. The van der Waals surface area contributed by atoms with Crippen molar-refractivity contribution < 1.29 is 5.11 Å². The van der Waals surface area contributed by atoms with E-state index in [4.69, 9.17) is 46.4 Å². The molecule has 0 bridgehead atoms. The van der Waals surface area contributed by atoms with Crippen LogP contribution in [0.25, 0.3) is 11.1 Å². The molecule has 0 radical (unpaired) electrons. The summed E-state index contributed by atoms with van der Waals surface area (Å²) < 4.78 is 0. The molecule has 0 aromatic heterocycles. The third-order valence-electron chi connectivity index (χ3n) is 2.31. The first kappa shape index (κ1) is 12.8. The molecule has 1 nitrogen and oxygen atoms in total. The van der Waals surface area contributed by atoms with Gasteiger partial charge in [0.25, 0.3) is 0 Å². The Labute approximate surface area is 118 Å². The second-order valence-corrected chi connectivity index (χ2v) is 4.93. The van der Waals surface area contributed by atoms with Gasteiger partial charge in [0, 0.05) is 11.1 Å². The van der Waals surface area contributed by atoms with Crippen molar-refractivity contribution >= 4 is 46.4 Å². The second-order valence-electron chi connectivity index (χ2n) is 3.36. The van der Waals surface area contributed by atoms with E-state index in [0.29, 0.717) is 21.2 Å². The standard InChI is InChI=1S/C12H6Cl4O/c13-8-3-1-2-6(10(8)15)7-4-5-9(14)11(16)12(7)17/h1-5,17H. The maximum absolute atomic E-state index is 9.93. The summed E-state index contributed by atoms with van der Waals surface area (Å²) in [5, 5.41) is 11.1. The van der Waals surface area contributed by atoms with E-state index in [1.807, 2.05) is 0 Å². The summed E-state index contributed by atoms with van der Waals surface area (Å²) in [6.45, 7) is 0. The van der Waals surface area contributed by atoms with E-state index in [0.717, 1.165) is 0 Å². The van der Waals surface area contributed by atoms with Crippen LogP contribution in [0.2, 0.25) is 20.1 Å². The predicted octanol–water partition coefficient (Wildman–Crippen LogP) is 5.67. The summed E-state index contributed by atoms with van der Waals surface area (Å²) in [4.78, 5) is 0. The summed E-state index contributed by atoms with van der Waals surface area (Å²) in [7, 11) is 0. The fraction of sp³-hybridized carbons (Fsp3) is 0. The third kappa shape index (κ3) is 2.34. The monoisotopic (exact) mass is 306 g/mol. The molecule has 17 heavy (non-hydrogen) atoms. The van der Waals surface area contributed by atoms with Crippen molar-refractivity contribution in [3.05, 3.63) is 50.4 Å². The van der Waals surface area contributed by atoms with Crippen molar-refractivity contribution in [1.29, 1.82) is 0 Å². The Hall–Kier alpha value is -0.600. The molecule has 0 unspecified atom stereocenters. The number of benzene rings is 2. The number of hydrogen-bond donors (Lipinski definition) is 1. The summed E-state index contributed by atoms with van der Waals surface area (Å²) >= 11 is 23.6. The van der Waals surface area contributed by atoms with Crippen molar-refractivity contribution in [3.63, 3.8) is 0 Å². The molecule has 5 heteroatoms. The number of phenolic OH excluding ortho intramolecular Hbond substituents is 1. The van der Waals surface area contributed by atoms with Gasteiger partial charge in [-0.15, -0.1) is 0 Å². The van der Waals surface area contributed by atoms with E-state index in [2.05, 4.69) is 0 Å². The Bertz CT molecular complexity index is 581. The molecule has 0 heterocycles. The molecule has 0 amide bonds. The van der Waals surface area contributed by atoms with Gasteiger partial charge >= 0.3 is 0 Å². The first-order chi connectivity index (χ1) is 8.02. The first-order valence-corrected chi connectivity index (χ1v) is 6.15. The highest BCUT2D eigenvalue weighted by Gasteiger charge is 2.14. The Morgan fingerprint density at radius 2 is 1.35 bits per heavy atom. The molecule has 2 aromatic carbocycles. The van der Waals surface area contributed by atoms with Crippen LogP contribution in [-0.4, -0.2) is 5.11 Å². The van der Waals surface area contributed by atoms with Gasteiger partial charge in [0.2, 0.25) is 0 Å². The van der Waals surface area contributed by atoms with Crippen LogP contribution in [0.3, 0.4) is 0 Å². The largest absolute Gasteiger partial charge is 0.506 e. The molecule has 1 N–H and O–H groups in total. The highest BCUT2D eigenvalue weighted by molar-refractivity contribution is 6.45. The zero-order valence-electron chi connectivity index (χ0n) is 8.35. The van der Waals surface area contributed by atoms with E-state index in [-0.39, 0.29) is 15.8 Å². The van der Waals surface area contributed by atoms with Crippen LogP contribution in [0.5, 0.6) is 5.75 Å².